The first-order valence-corrected chi connectivity index (χ1v) is 6.90. The quantitative estimate of drug-likeness (QED) is 0.874. The number of likely N-dealkylation sites (tertiary alicyclic amines) is 1. The third-order valence-electron chi connectivity index (χ3n) is 4.06. The number of fused-ring (bicyclic) bond motifs is 2. The molecule has 1 aromatic rings. The number of nitrogens with two attached hydrogens (primary N) is 1. The van der Waals surface area contributed by atoms with Gasteiger partial charge in [0.2, 0.25) is 5.91 Å². The average Bonchev–Trinajstić information content (AvgIpc) is 2.76. The zero-order valence-electron chi connectivity index (χ0n) is 11.2. The summed E-state index contributed by atoms with van der Waals surface area (Å²) in [5.74, 6) is 0.0176. The fraction of sp³-hybridized carbons (Fsp3) is 0.533. The normalized spacial score (nSPS) is 27.4. The molecule has 3 atom stereocenters. The highest BCUT2D eigenvalue weighted by atomic mass is 16.5. The number of rotatable bonds is 2. The minimum absolute atomic E-state index is 0.0176. The highest BCUT2D eigenvalue weighted by molar-refractivity contribution is 5.83. The van der Waals surface area contributed by atoms with Crippen molar-refractivity contribution in [2.24, 2.45) is 5.73 Å². The van der Waals surface area contributed by atoms with Gasteiger partial charge in [0.25, 0.3) is 0 Å². The van der Waals surface area contributed by atoms with Crippen LogP contribution in [0.2, 0.25) is 0 Å². The Morgan fingerprint density at radius 1 is 1.26 bits per heavy atom. The molecule has 3 rings (SSSR count). The zero-order chi connectivity index (χ0) is 13.4. The lowest BCUT2D eigenvalue weighted by molar-refractivity contribution is -0.141. The molecule has 19 heavy (non-hydrogen) atoms. The van der Waals surface area contributed by atoms with Gasteiger partial charge in [0.15, 0.2) is 0 Å². The summed E-state index contributed by atoms with van der Waals surface area (Å²) in [5.41, 5.74) is 8.16. The molecule has 2 N–H and O–H groups in total. The summed E-state index contributed by atoms with van der Waals surface area (Å²) in [5, 5.41) is 0. The molecule has 4 nitrogen and oxygen atoms in total. The van der Waals surface area contributed by atoms with Gasteiger partial charge in [0.1, 0.15) is 6.04 Å². The molecule has 3 unspecified atom stereocenters. The van der Waals surface area contributed by atoms with Crippen LogP contribution in [0.25, 0.3) is 0 Å². The Balaban J connectivity index is 1.71. The summed E-state index contributed by atoms with van der Waals surface area (Å²) in [6.07, 6.45) is 2.56. The monoisotopic (exact) mass is 260 g/mol. The van der Waals surface area contributed by atoms with E-state index in [1.54, 1.807) is 0 Å². The van der Waals surface area contributed by atoms with Crippen LogP contribution in [-0.4, -0.2) is 36.1 Å². The molecule has 1 aromatic carbocycles. The number of morpholine rings is 1. The van der Waals surface area contributed by atoms with Crippen molar-refractivity contribution in [1.82, 2.24) is 4.90 Å². The fourth-order valence-electron chi connectivity index (χ4n) is 2.91. The van der Waals surface area contributed by atoms with Crippen molar-refractivity contribution in [2.45, 2.75) is 38.0 Å². The number of benzene rings is 1. The molecule has 2 bridgehead atoms. The lowest BCUT2D eigenvalue weighted by atomic mass is 10.0. The van der Waals surface area contributed by atoms with E-state index in [2.05, 4.69) is 0 Å². The van der Waals surface area contributed by atoms with E-state index in [1.165, 1.54) is 5.56 Å². The molecule has 0 aliphatic carbocycles. The van der Waals surface area contributed by atoms with E-state index in [0.29, 0.717) is 13.1 Å². The minimum atomic E-state index is -0.557. The highest BCUT2D eigenvalue weighted by Crippen LogP contribution is 2.27. The predicted molar refractivity (Wildman–Crippen MR) is 72.6 cm³/mol. The van der Waals surface area contributed by atoms with Gasteiger partial charge in [-0.15, -0.1) is 0 Å². The van der Waals surface area contributed by atoms with Crippen LogP contribution in [0.5, 0.6) is 0 Å². The van der Waals surface area contributed by atoms with Gasteiger partial charge in [-0.3, -0.25) is 4.79 Å². The summed E-state index contributed by atoms with van der Waals surface area (Å²) in [6, 6.07) is 7.30. The number of ether oxygens (including phenoxy) is 1. The third-order valence-corrected chi connectivity index (χ3v) is 4.06. The number of nitrogens with zero attached hydrogens (tertiary/aromatic N) is 1. The second-order valence-electron chi connectivity index (χ2n) is 5.59. The van der Waals surface area contributed by atoms with Gasteiger partial charge in [-0.25, -0.2) is 0 Å². The predicted octanol–water partition coefficient (Wildman–Crippen LogP) is 1.38. The molecule has 0 aromatic heterocycles. The van der Waals surface area contributed by atoms with E-state index in [1.807, 2.05) is 36.1 Å². The molecule has 4 heteroatoms. The Bertz CT molecular complexity index is 460. The average molecular weight is 260 g/mol. The molecule has 2 aliphatic rings. The molecule has 0 radical (unpaired) electrons. The molecule has 2 fully saturated rings. The largest absolute Gasteiger partial charge is 0.371 e. The van der Waals surface area contributed by atoms with Crippen molar-refractivity contribution in [3.05, 3.63) is 35.4 Å². The lowest BCUT2D eigenvalue weighted by Crippen LogP contribution is -2.48. The van der Waals surface area contributed by atoms with Crippen LogP contribution in [0.15, 0.2) is 24.3 Å². The number of carbonyl (C=O) groups is 1. The Morgan fingerprint density at radius 2 is 1.84 bits per heavy atom. The Hall–Kier alpha value is -1.39. The van der Waals surface area contributed by atoms with Crippen LogP contribution in [-0.2, 0) is 9.53 Å². The first-order chi connectivity index (χ1) is 9.13. The van der Waals surface area contributed by atoms with Crippen LogP contribution >= 0.6 is 0 Å². The van der Waals surface area contributed by atoms with Crippen LogP contribution < -0.4 is 5.73 Å². The van der Waals surface area contributed by atoms with Gasteiger partial charge in [-0.05, 0) is 25.3 Å². The van der Waals surface area contributed by atoms with Crippen molar-refractivity contribution in [2.75, 3.05) is 13.1 Å². The summed E-state index contributed by atoms with van der Waals surface area (Å²) in [7, 11) is 0. The first kappa shape index (κ1) is 12.6. The maximum atomic E-state index is 12.4. The van der Waals surface area contributed by atoms with Gasteiger partial charge in [0.05, 0.1) is 12.2 Å². The van der Waals surface area contributed by atoms with E-state index >= 15 is 0 Å². The number of amides is 1. The molecular formula is C15H20N2O2. The van der Waals surface area contributed by atoms with Crippen molar-refractivity contribution >= 4 is 5.91 Å². The molecule has 2 heterocycles. The van der Waals surface area contributed by atoms with Crippen LogP contribution in [0, 0.1) is 6.92 Å². The fourth-order valence-corrected chi connectivity index (χ4v) is 2.91. The van der Waals surface area contributed by atoms with Crippen molar-refractivity contribution < 1.29 is 9.53 Å². The lowest BCUT2D eigenvalue weighted by Gasteiger charge is -2.33. The second-order valence-corrected chi connectivity index (χ2v) is 5.59. The summed E-state index contributed by atoms with van der Waals surface area (Å²) >= 11 is 0. The zero-order valence-corrected chi connectivity index (χ0v) is 11.2. The standard InChI is InChI=1S/C15H20N2O2/c1-10-2-4-11(5-3-10)14(16)15(18)17-8-12-6-7-13(9-17)19-12/h2-5,12-14H,6-9,16H2,1H3. The van der Waals surface area contributed by atoms with E-state index in [-0.39, 0.29) is 18.1 Å². The van der Waals surface area contributed by atoms with Gasteiger partial charge < -0.3 is 15.4 Å². The Morgan fingerprint density at radius 3 is 2.42 bits per heavy atom. The van der Waals surface area contributed by atoms with Gasteiger partial charge in [-0.1, -0.05) is 29.8 Å². The smallest absolute Gasteiger partial charge is 0.244 e. The minimum Gasteiger partial charge on any atom is -0.371 e. The second kappa shape index (κ2) is 4.94. The number of hydrogen-bond acceptors (Lipinski definition) is 3. The summed E-state index contributed by atoms with van der Waals surface area (Å²) < 4.78 is 5.74. The van der Waals surface area contributed by atoms with E-state index in [0.717, 1.165) is 18.4 Å². The van der Waals surface area contributed by atoms with Gasteiger partial charge in [-0.2, -0.15) is 0 Å². The SMILES string of the molecule is Cc1ccc(C(N)C(=O)N2CC3CCC(C2)O3)cc1. The van der Waals surface area contributed by atoms with Gasteiger partial charge >= 0.3 is 0 Å². The van der Waals surface area contributed by atoms with Gasteiger partial charge in [0, 0.05) is 13.1 Å². The first-order valence-electron chi connectivity index (χ1n) is 6.90. The van der Waals surface area contributed by atoms with Crippen molar-refractivity contribution in [1.29, 1.82) is 0 Å². The molecule has 102 valence electrons. The van der Waals surface area contributed by atoms with Crippen molar-refractivity contribution in [3.8, 4) is 0 Å². The van der Waals surface area contributed by atoms with Crippen molar-refractivity contribution in [3.63, 3.8) is 0 Å². The molecule has 2 saturated heterocycles. The summed E-state index contributed by atoms with van der Waals surface area (Å²) in [6.45, 7) is 3.40. The molecule has 2 aliphatic heterocycles. The topological polar surface area (TPSA) is 55.6 Å². The molecule has 1 amide bonds. The maximum absolute atomic E-state index is 12.4. The Labute approximate surface area is 113 Å². The van der Waals surface area contributed by atoms with E-state index in [9.17, 15) is 4.79 Å². The van der Waals surface area contributed by atoms with E-state index < -0.39 is 6.04 Å². The highest BCUT2D eigenvalue weighted by Gasteiger charge is 2.37. The molecular weight excluding hydrogens is 240 g/mol. The Kier molecular flexibility index (Phi) is 3.29. The number of hydrogen-bond donors (Lipinski definition) is 1. The van der Waals surface area contributed by atoms with Crippen LogP contribution in [0.1, 0.15) is 30.0 Å². The summed E-state index contributed by atoms with van der Waals surface area (Å²) in [4.78, 5) is 14.3. The molecule has 0 saturated carbocycles. The number of carbonyl (C=O) groups excluding carboxylic acids is 1. The third kappa shape index (κ3) is 2.51. The maximum Gasteiger partial charge on any atom is 0.244 e. The van der Waals surface area contributed by atoms with Crippen LogP contribution in [0.3, 0.4) is 0 Å². The number of aryl methyl sites for hydroxylation is 1. The molecule has 0 spiro atoms. The van der Waals surface area contributed by atoms with E-state index in [4.69, 9.17) is 10.5 Å². The van der Waals surface area contributed by atoms with Crippen LogP contribution in [0.4, 0.5) is 0 Å².